The molecule has 0 rings (SSSR count). The zero-order chi connectivity index (χ0) is 9.12. The third kappa shape index (κ3) is 2.14. The molecule has 0 N–H and O–H groups in total. The molecule has 0 aromatic carbocycles. The van der Waals surface area contributed by atoms with Crippen LogP contribution in [0.2, 0.25) is 0 Å². The van der Waals surface area contributed by atoms with Crippen molar-refractivity contribution >= 4 is 0 Å². The Morgan fingerprint density at radius 2 is 1.73 bits per heavy atom. The van der Waals surface area contributed by atoms with Gasteiger partial charge in [-0.05, 0) is 4.53 Å². The minimum Gasteiger partial charge on any atom is -0.198 e. The summed E-state index contributed by atoms with van der Waals surface area (Å²) in [5, 5.41) is 0. The van der Waals surface area contributed by atoms with Crippen LogP contribution >= 0.6 is 0 Å². The number of alkyl halides is 4. The molecule has 66 valence electrons. The molecule has 0 fully saturated rings. The van der Waals surface area contributed by atoms with Crippen LogP contribution < -0.4 is 0 Å². The maximum Gasteiger partial charge on any atom is 0.451 e. The number of hydrogen-bond acceptors (Lipinski definition) is 1. The maximum absolute atomic E-state index is 12.2. The summed E-state index contributed by atoms with van der Waals surface area (Å²) in [5.74, 6) is -4.26. The molecule has 0 spiro atoms. The third-order valence-corrected chi connectivity index (χ3v) is 0.952. The average molecular weight is 176 g/mol. The van der Waals surface area contributed by atoms with Crippen LogP contribution in [0.1, 0.15) is 6.42 Å². The molecular weight excluding hydrogens is 171 g/mol. The lowest BCUT2D eigenvalue weighted by Crippen LogP contribution is -2.41. The molecule has 0 heterocycles. The smallest absolute Gasteiger partial charge is 0.198 e. The fraction of sp³-hybridized carbons (Fsp3) is 0.600. The highest BCUT2D eigenvalue weighted by molar-refractivity contribution is 4.84. The molecule has 0 aliphatic carbocycles. The van der Waals surface area contributed by atoms with Crippen molar-refractivity contribution in [3.63, 3.8) is 0 Å². The van der Waals surface area contributed by atoms with Crippen molar-refractivity contribution in [2.45, 2.75) is 18.5 Å². The molecule has 0 saturated carbocycles. The van der Waals surface area contributed by atoms with E-state index in [0.717, 1.165) is 0 Å². The predicted molar refractivity (Wildman–Crippen MR) is 26.9 cm³/mol. The van der Waals surface area contributed by atoms with Gasteiger partial charge in [-0.15, -0.1) is 11.5 Å². The number of halogens is 5. The normalized spacial score (nSPS) is 17.5. The van der Waals surface area contributed by atoms with E-state index in [0.29, 0.717) is 6.08 Å². The van der Waals surface area contributed by atoms with Crippen LogP contribution in [0.5, 0.6) is 0 Å². The Kier molecular flexibility index (Phi) is 2.98. The van der Waals surface area contributed by atoms with Gasteiger partial charge in [0.1, 0.15) is 0 Å². The van der Waals surface area contributed by atoms with Crippen molar-refractivity contribution in [1.29, 1.82) is 0 Å². The van der Waals surface area contributed by atoms with E-state index in [1.54, 1.807) is 0 Å². The van der Waals surface area contributed by atoms with E-state index in [-0.39, 0.29) is 0 Å². The highest BCUT2D eigenvalue weighted by Gasteiger charge is 2.58. The summed E-state index contributed by atoms with van der Waals surface area (Å²) < 4.78 is 57.8. The van der Waals surface area contributed by atoms with Gasteiger partial charge in [-0.25, -0.2) is 0 Å². The van der Waals surface area contributed by atoms with E-state index in [1.165, 1.54) is 0 Å². The molecule has 1 atom stereocenters. The summed E-state index contributed by atoms with van der Waals surface area (Å²) in [6.07, 6.45) is -6.07. The Hall–Kier alpha value is -0.650. The molecule has 1 nitrogen and oxygen atoms in total. The molecule has 0 aromatic heterocycles. The van der Waals surface area contributed by atoms with Gasteiger partial charge in [-0.1, -0.05) is 6.08 Å². The van der Waals surface area contributed by atoms with Crippen molar-refractivity contribution in [2.75, 3.05) is 0 Å². The summed E-state index contributed by atoms with van der Waals surface area (Å²) in [6, 6.07) is 0. The van der Waals surface area contributed by atoms with Crippen molar-refractivity contribution in [2.24, 2.45) is 0 Å². The van der Waals surface area contributed by atoms with Crippen molar-refractivity contribution < 1.29 is 27.0 Å². The van der Waals surface area contributed by atoms with Crippen LogP contribution in [0, 0.1) is 0 Å². The predicted octanol–water partition coefficient (Wildman–Crippen LogP) is 2.69. The van der Waals surface area contributed by atoms with E-state index < -0.39 is 18.5 Å². The first-order valence-corrected chi connectivity index (χ1v) is 2.53. The molecule has 1 unspecified atom stereocenters. The van der Waals surface area contributed by atoms with Gasteiger partial charge < -0.3 is 0 Å². The standard InChI is InChI=1S/C5H5F5O/c1-2-3-4(6,11-10)5(7,8)9/h2H,1,3H2. The van der Waals surface area contributed by atoms with Crippen LogP contribution in [-0.4, -0.2) is 12.0 Å². The van der Waals surface area contributed by atoms with Crippen LogP contribution in [0.25, 0.3) is 0 Å². The zero-order valence-corrected chi connectivity index (χ0v) is 5.29. The topological polar surface area (TPSA) is 9.23 Å². The Labute approximate surface area is 59.4 Å². The van der Waals surface area contributed by atoms with Gasteiger partial charge >= 0.3 is 12.0 Å². The minimum absolute atomic E-state index is 0.576. The Balaban J connectivity index is 4.45. The first-order chi connectivity index (χ1) is 4.87. The van der Waals surface area contributed by atoms with Crippen molar-refractivity contribution in [1.82, 2.24) is 0 Å². The number of hydrogen-bond donors (Lipinski definition) is 0. The van der Waals surface area contributed by atoms with Gasteiger partial charge in [0.15, 0.2) is 0 Å². The lowest BCUT2D eigenvalue weighted by atomic mass is 10.2. The quantitative estimate of drug-likeness (QED) is 0.474. The van der Waals surface area contributed by atoms with Gasteiger partial charge in [0.2, 0.25) is 0 Å². The summed E-state index contributed by atoms with van der Waals surface area (Å²) in [7, 11) is 0. The molecule has 6 heteroatoms. The van der Waals surface area contributed by atoms with Gasteiger partial charge in [0.25, 0.3) is 0 Å². The fourth-order valence-electron chi connectivity index (χ4n) is 0.377. The second-order valence-electron chi connectivity index (χ2n) is 1.80. The minimum atomic E-state index is -5.38. The first-order valence-electron chi connectivity index (χ1n) is 2.53. The monoisotopic (exact) mass is 176 g/mol. The van der Waals surface area contributed by atoms with Crippen LogP contribution in [0.4, 0.5) is 22.1 Å². The van der Waals surface area contributed by atoms with Crippen LogP contribution in [-0.2, 0) is 4.94 Å². The van der Waals surface area contributed by atoms with Gasteiger partial charge in [0, 0.05) is 6.42 Å². The van der Waals surface area contributed by atoms with Gasteiger partial charge in [0.05, 0.1) is 0 Å². The van der Waals surface area contributed by atoms with Gasteiger partial charge in [-0.3, -0.25) is 0 Å². The highest BCUT2D eigenvalue weighted by Crippen LogP contribution is 2.38. The van der Waals surface area contributed by atoms with Crippen LogP contribution in [0.3, 0.4) is 0 Å². The molecule has 0 amide bonds. The molecule has 0 saturated heterocycles. The molecule has 0 radical (unpaired) electrons. The van der Waals surface area contributed by atoms with E-state index in [1.807, 2.05) is 0 Å². The van der Waals surface area contributed by atoms with Crippen molar-refractivity contribution in [3.8, 4) is 0 Å². The largest absolute Gasteiger partial charge is 0.451 e. The van der Waals surface area contributed by atoms with Crippen LogP contribution in [0.15, 0.2) is 12.7 Å². The Morgan fingerprint density at radius 3 is 1.82 bits per heavy atom. The summed E-state index contributed by atoms with van der Waals surface area (Å²) in [4.78, 5) is 2.18. The average Bonchev–Trinajstić information content (AvgIpc) is 1.86. The molecule has 0 aliphatic rings. The first kappa shape index (κ1) is 10.3. The van der Waals surface area contributed by atoms with E-state index in [2.05, 4.69) is 11.5 Å². The zero-order valence-electron chi connectivity index (χ0n) is 5.29. The second-order valence-corrected chi connectivity index (χ2v) is 1.80. The lowest BCUT2D eigenvalue weighted by Gasteiger charge is -2.20. The lowest BCUT2D eigenvalue weighted by molar-refractivity contribution is -0.400. The second kappa shape index (κ2) is 3.17. The van der Waals surface area contributed by atoms with E-state index in [9.17, 15) is 22.1 Å². The van der Waals surface area contributed by atoms with Gasteiger partial charge in [-0.2, -0.15) is 17.6 Å². The molecule has 0 aromatic rings. The Morgan fingerprint density at radius 1 is 1.27 bits per heavy atom. The van der Waals surface area contributed by atoms with Crippen molar-refractivity contribution in [3.05, 3.63) is 12.7 Å². The SMILES string of the molecule is C=CCC(F)(OF)C(F)(F)F. The Bertz CT molecular complexity index is 142. The third-order valence-electron chi connectivity index (χ3n) is 0.952. The molecular formula is C5H5F5O. The number of rotatable bonds is 3. The maximum atomic E-state index is 12.2. The summed E-state index contributed by atoms with van der Waals surface area (Å²) >= 11 is 0. The highest BCUT2D eigenvalue weighted by atomic mass is 19.4. The summed E-state index contributed by atoms with van der Waals surface area (Å²) in [5.41, 5.74) is 0. The van der Waals surface area contributed by atoms with E-state index in [4.69, 9.17) is 0 Å². The fourth-order valence-corrected chi connectivity index (χ4v) is 0.377. The summed E-state index contributed by atoms with van der Waals surface area (Å²) in [6.45, 7) is 2.82. The molecule has 0 aliphatic heterocycles. The van der Waals surface area contributed by atoms with E-state index >= 15 is 0 Å². The molecule has 11 heavy (non-hydrogen) atoms. The molecule has 0 bridgehead atoms.